The fourth-order valence-corrected chi connectivity index (χ4v) is 5.69. The summed E-state index contributed by atoms with van der Waals surface area (Å²) in [5.41, 5.74) is 4.81. The van der Waals surface area contributed by atoms with Crippen molar-refractivity contribution in [2.24, 2.45) is 0 Å². The van der Waals surface area contributed by atoms with Crippen LogP contribution in [0.25, 0.3) is 0 Å². The van der Waals surface area contributed by atoms with Gasteiger partial charge < -0.3 is 14.4 Å². The molecule has 0 saturated heterocycles. The highest BCUT2D eigenvalue weighted by Crippen LogP contribution is 2.31. The van der Waals surface area contributed by atoms with Gasteiger partial charge in [0.15, 0.2) is 0 Å². The average Bonchev–Trinajstić information content (AvgIpc) is 2.88. The first-order valence-electron chi connectivity index (χ1n) is 11.6. The van der Waals surface area contributed by atoms with Gasteiger partial charge in [0.25, 0.3) is 0 Å². The Balaban J connectivity index is 1.62. The quantitative estimate of drug-likeness (QED) is 0.486. The highest BCUT2D eigenvalue weighted by molar-refractivity contribution is 7.89. The molecule has 0 aliphatic carbocycles. The molecule has 8 heteroatoms. The topological polar surface area (TPSA) is 71.1 Å². The van der Waals surface area contributed by atoms with Gasteiger partial charge in [-0.2, -0.15) is 0 Å². The van der Waals surface area contributed by atoms with Crippen molar-refractivity contribution in [3.8, 4) is 11.5 Å². The van der Waals surface area contributed by atoms with E-state index in [-0.39, 0.29) is 23.2 Å². The molecule has 1 heterocycles. The van der Waals surface area contributed by atoms with Gasteiger partial charge in [0.2, 0.25) is 10.0 Å². The number of anilines is 1. The molecule has 0 aromatic heterocycles. The normalized spacial score (nSPS) is 14.7. The number of hydrogen-bond acceptors (Lipinski definition) is 6. The molecule has 35 heavy (non-hydrogen) atoms. The molecule has 0 unspecified atom stereocenters. The van der Waals surface area contributed by atoms with E-state index in [1.54, 1.807) is 12.1 Å². The summed E-state index contributed by atoms with van der Waals surface area (Å²) in [6, 6.07) is 21.4. The second-order valence-corrected chi connectivity index (χ2v) is 10.6. The monoisotopic (exact) mass is 495 g/mol. The molecule has 0 saturated carbocycles. The predicted molar refractivity (Wildman–Crippen MR) is 139 cm³/mol. The zero-order chi connectivity index (χ0) is 25.0. The lowest BCUT2D eigenvalue weighted by molar-refractivity contribution is 0.180. The molecule has 1 atom stereocenters. The third-order valence-corrected chi connectivity index (χ3v) is 7.99. The molecule has 0 spiro atoms. The number of benzene rings is 3. The van der Waals surface area contributed by atoms with Crippen LogP contribution in [-0.4, -0.2) is 54.7 Å². The number of fused-ring (bicyclic) bond motifs is 1. The van der Waals surface area contributed by atoms with E-state index in [0.29, 0.717) is 5.75 Å². The van der Waals surface area contributed by atoms with Crippen molar-refractivity contribution in [1.29, 1.82) is 0 Å². The average molecular weight is 496 g/mol. The van der Waals surface area contributed by atoms with Gasteiger partial charge in [-0.3, -0.25) is 4.90 Å². The van der Waals surface area contributed by atoms with Gasteiger partial charge in [-0.15, -0.1) is 0 Å². The van der Waals surface area contributed by atoms with Crippen LogP contribution in [0.15, 0.2) is 71.6 Å². The number of methoxy groups -OCH3 is 2. The van der Waals surface area contributed by atoms with Crippen molar-refractivity contribution in [3.63, 3.8) is 0 Å². The van der Waals surface area contributed by atoms with E-state index in [1.807, 2.05) is 14.1 Å². The lowest BCUT2D eigenvalue weighted by Gasteiger charge is -2.36. The van der Waals surface area contributed by atoms with Gasteiger partial charge in [-0.1, -0.05) is 36.4 Å². The van der Waals surface area contributed by atoms with Gasteiger partial charge >= 0.3 is 0 Å². The number of rotatable bonds is 9. The van der Waals surface area contributed by atoms with Crippen molar-refractivity contribution in [2.75, 3.05) is 46.3 Å². The summed E-state index contributed by atoms with van der Waals surface area (Å²) in [5.74, 6) is 0.780. The minimum Gasteiger partial charge on any atom is -0.497 e. The van der Waals surface area contributed by atoms with E-state index in [9.17, 15) is 8.42 Å². The summed E-state index contributed by atoms with van der Waals surface area (Å²) in [4.78, 5) is 4.49. The maximum absolute atomic E-state index is 13.3. The fraction of sp³-hybridized carbons (Fsp3) is 0.333. The smallest absolute Gasteiger partial charge is 0.244 e. The Morgan fingerprint density at radius 1 is 0.971 bits per heavy atom. The third kappa shape index (κ3) is 5.61. The van der Waals surface area contributed by atoms with Crippen molar-refractivity contribution in [2.45, 2.75) is 23.9 Å². The first-order valence-corrected chi connectivity index (χ1v) is 13.1. The summed E-state index contributed by atoms with van der Waals surface area (Å²) in [6.07, 6.45) is 0.932. The minimum absolute atomic E-state index is 0.0893. The lowest BCUT2D eigenvalue weighted by Crippen LogP contribution is -2.40. The molecule has 0 fully saturated rings. The zero-order valence-corrected chi connectivity index (χ0v) is 21.5. The van der Waals surface area contributed by atoms with Crippen LogP contribution in [0.1, 0.15) is 22.7 Å². The lowest BCUT2D eigenvalue weighted by atomic mass is 9.96. The number of hydrogen-bond donors (Lipinski definition) is 1. The Hall–Kier alpha value is -3.07. The molecule has 4 rings (SSSR count). The molecule has 3 aromatic rings. The van der Waals surface area contributed by atoms with Gasteiger partial charge in [-0.25, -0.2) is 13.1 Å². The number of ether oxygens (including phenoxy) is 2. The summed E-state index contributed by atoms with van der Waals surface area (Å²) in [7, 11) is 3.18. The second-order valence-electron chi connectivity index (χ2n) is 8.86. The zero-order valence-electron chi connectivity index (χ0n) is 20.7. The van der Waals surface area contributed by atoms with Gasteiger partial charge in [0.1, 0.15) is 16.4 Å². The largest absolute Gasteiger partial charge is 0.497 e. The van der Waals surface area contributed by atoms with Crippen LogP contribution in [0.5, 0.6) is 11.5 Å². The van der Waals surface area contributed by atoms with Crippen LogP contribution < -0.4 is 19.1 Å². The fourth-order valence-electron chi connectivity index (χ4n) is 4.50. The molecule has 0 amide bonds. The molecule has 1 N–H and O–H groups in total. The highest BCUT2D eigenvalue weighted by atomic mass is 32.2. The van der Waals surface area contributed by atoms with Gasteiger partial charge in [0, 0.05) is 51.5 Å². The Labute approximate surface area is 208 Å². The number of nitrogens with zero attached hydrogens (tertiary/aromatic N) is 2. The molecule has 186 valence electrons. The standard InChI is InChI=1S/C27H33N3O4S/c1-29(2)23-11-9-21(10-12-23)25(30-16-15-20-7-5-6-8-22(20)19-30)18-28-35(31,32)27-14-13-24(33-3)17-26(27)34-4/h5-14,17,25,28H,15-16,18-19H2,1-4H3/t25-/m0/s1. The predicted octanol–water partition coefficient (Wildman–Crippen LogP) is 3.85. The maximum Gasteiger partial charge on any atom is 0.244 e. The summed E-state index contributed by atoms with van der Waals surface area (Å²) < 4.78 is 40.0. The highest BCUT2D eigenvalue weighted by Gasteiger charge is 2.28. The van der Waals surface area contributed by atoms with Crippen LogP contribution in [-0.2, 0) is 23.0 Å². The van der Waals surface area contributed by atoms with Crippen LogP contribution >= 0.6 is 0 Å². The summed E-state index contributed by atoms with van der Waals surface area (Å²) >= 11 is 0. The van der Waals surface area contributed by atoms with Gasteiger partial charge in [0.05, 0.1) is 14.2 Å². The van der Waals surface area contributed by atoms with E-state index >= 15 is 0 Å². The van der Waals surface area contributed by atoms with Gasteiger partial charge in [-0.05, 0) is 47.4 Å². The number of sulfonamides is 1. The third-order valence-electron chi connectivity index (χ3n) is 6.52. The summed E-state index contributed by atoms with van der Waals surface area (Å²) in [5, 5.41) is 0. The van der Waals surface area contributed by atoms with Crippen LogP contribution in [0.4, 0.5) is 5.69 Å². The Kier molecular flexibility index (Phi) is 7.64. The van der Waals surface area contributed by atoms with Crippen molar-refractivity contribution in [1.82, 2.24) is 9.62 Å². The minimum atomic E-state index is -3.82. The maximum atomic E-state index is 13.3. The second kappa shape index (κ2) is 10.7. The van der Waals surface area contributed by atoms with Crippen LogP contribution in [0, 0.1) is 0 Å². The van der Waals surface area contributed by atoms with Crippen LogP contribution in [0.2, 0.25) is 0 Å². The van der Waals surface area contributed by atoms with E-state index < -0.39 is 10.0 Å². The molecule has 1 aliphatic heterocycles. The SMILES string of the molecule is COc1ccc(S(=O)(=O)NC[C@@H](c2ccc(N(C)C)cc2)N2CCc3ccccc3C2)c(OC)c1. The van der Waals surface area contributed by atoms with E-state index in [4.69, 9.17) is 9.47 Å². The van der Waals surface area contributed by atoms with Crippen LogP contribution in [0.3, 0.4) is 0 Å². The molecule has 7 nitrogen and oxygen atoms in total. The van der Waals surface area contributed by atoms with E-state index in [1.165, 1.54) is 31.4 Å². The summed E-state index contributed by atoms with van der Waals surface area (Å²) in [6.45, 7) is 1.86. The number of nitrogens with one attached hydrogen (secondary N) is 1. The Bertz CT molecular complexity index is 1260. The first kappa shape index (κ1) is 25.0. The molecule has 0 radical (unpaired) electrons. The van der Waals surface area contributed by atoms with Crippen molar-refractivity contribution < 1.29 is 17.9 Å². The molecule has 1 aliphatic rings. The molecule has 3 aromatic carbocycles. The van der Waals surface area contributed by atoms with E-state index in [0.717, 1.165) is 30.8 Å². The molecule has 0 bridgehead atoms. The Morgan fingerprint density at radius 3 is 2.34 bits per heavy atom. The van der Waals surface area contributed by atoms with Crippen molar-refractivity contribution in [3.05, 3.63) is 83.4 Å². The van der Waals surface area contributed by atoms with E-state index in [2.05, 4.69) is 63.1 Å². The Morgan fingerprint density at radius 2 is 1.69 bits per heavy atom. The van der Waals surface area contributed by atoms with Crippen molar-refractivity contribution >= 4 is 15.7 Å². The molecular formula is C27H33N3O4S. The molecular weight excluding hydrogens is 462 g/mol. The first-order chi connectivity index (χ1) is 16.8.